The normalized spacial score (nSPS) is 11.2. The zero-order valence-electron chi connectivity index (χ0n) is 18.4. The van der Waals surface area contributed by atoms with Gasteiger partial charge in [0.2, 0.25) is 0 Å². The molecule has 0 saturated carbocycles. The number of nitrogens with two attached hydrogens (primary N) is 2. The highest BCUT2D eigenvalue weighted by Crippen LogP contribution is 2.24. The van der Waals surface area contributed by atoms with E-state index in [9.17, 15) is 0 Å². The van der Waals surface area contributed by atoms with Crippen LogP contribution in [-0.2, 0) is 0 Å². The van der Waals surface area contributed by atoms with Gasteiger partial charge in [-0.1, -0.05) is 54.2 Å². The van der Waals surface area contributed by atoms with Crippen molar-refractivity contribution >= 4 is 29.8 Å². The number of ether oxygens (including phenoxy) is 2. The summed E-state index contributed by atoms with van der Waals surface area (Å²) in [7, 11) is -1.86. The van der Waals surface area contributed by atoms with Crippen molar-refractivity contribution in [3.8, 4) is 23.0 Å². The number of benzene rings is 4. The van der Waals surface area contributed by atoms with Crippen molar-refractivity contribution in [2.24, 2.45) is 0 Å². The third-order valence-electron chi connectivity index (χ3n) is 5.92. The molecule has 0 fully saturated rings. The Hall–Kier alpha value is -3.70. The second-order valence-electron chi connectivity index (χ2n) is 8.08. The summed E-state index contributed by atoms with van der Waals surface area (Å²) in [5.74, 6) is 3.19. The van der Waals surface area contributed by atoms with Crippen molar-refractivity contribution in [3.05, 3.63) is 97.1 Å². The van der Waals surface area contributed by atoms with Gasteiger partial charge in [0.25, 0.3) is 0 Å². The van der Waals surface area contributed by atoms with Gasteiger partial charge >= 0.3 is 0 Å². The number of hydrogen-bond donors (Lipinski definition) is 2. The molecular formula is C27H28N2O2Si. The third-order valence-corrected chi connectivity index (χ3v) is 10.6. The average molecular weight is 441 g/mol. The number of anilines is 2. The first kappa shape index (κ1) is 21.5. The maximum atomic E-state index is 5.96. The fourth-order valence-electron chi connectivity index (χ4n) is 3.70. The van der Waals surface area contributed by atoms with E-state index in [1.54, 1.807) is 0 Å². The van der Waals surface area contributed by atoms with Crippen LogP contribution < -0.4 is 31.3 Å². The molecule has 0 aliphatic rings. The van der Waals surface area contributed by atoms with E-state index in [0.717, 1.165) is 40.4 Å². The van der Waals surface area contributed by atoms with E-state index >= 15 is 0 Å². The molecule has 0 spiro atoms. The zero-order chi connectivity index (χ0) is 22.6. The van der Waals surface area contributed by atoms with Gasteiger partial charge in [0.15, 0.2) is 0 Å². The molecule has 0 aliphatic carbocycles. The van der Waals surface area contributed by atoms with E-state index in [0.29, 0.717) is 0 Å². The van der Waals surface area contributed by atoms with Crippen molar-refractivity contribution < 1.29 is 9.47 Å². The molecule has 0 amide bonds. The van der Waals surface area contributed by atoms with Gasteiger partial charge in [0.1, 0.15) is 31.1 Å². The lowest BCUT2D eigenvalue weighted by Gasteiger charge is -2.27. The summed E-state index contributed by atoms with van der Waals surface area (Å²) in [6, 6.07) is 32.9. The third kappa shape index (κ3) is 4.79. The van der Waals surface area contributed by atoms with Gasteiger partial charge in [-0.3, -0.25) is 0 Å². The number of hydrogen-bond acceptors (Lipinski definition) is 4. The first-order valence-electron chi connectivity index (χ1n) is 10.7. The Kier molecular flexibility index (Phi) is 6.19. The summed E-state index contributed by atoms with van der Waals surface area (Å²) in [5.41, 5.74) is 12.9. The van der Waals surface area contributed by atoms with Crippen LogP contribution in [0, 0.1) is 0 Å². The lowest BCUT2D eigenvalue weighted by atomic mass is 10.3. The van der Waals surface area contributed by atoms with Crippen LogP contribution in [0.15, 0.2) is 97.1 Å². The quantitative estimate of drug-likeness (QED) is 0.288. The maximum absolute atomic E-state index is 5.96. The van der Waals surface area contributed by atoms with Crippen LogP contribution in [0.2, 0.25) is 12.6 Å². The molecule has 4 aromatic rings. The standard InChI is InChI=1S/C27H28N2O2Si/c1-3-32(2,26-16-12-24(13-17-26)30-22-8-4-20(28)5-9-22)27-18-14-25(15-19-27)31-23-10-6-21(29)7-11-23/h4-19H,3,28-29H2,1-2H3. The number of rotatable bonds is 7. The minimum atomic E-state index is -1.86. The Labute approximate surface area is 190 Å². The molecule has 0 saturated heterocycles. The summed E-state index contributed by atoms with van der Waals surface area (Å²) in [5, 5.41) is 2.74. The van der Waals surface area contributed by atoms with E-state index < -0.39 is 8.07 Å². The second-order valence-corrected chi connectivity index (χ2v) is 12.6. The van der Waals surface area contributed by atoms with E-state index in [-0.39, 0.29) is 0 Å². The minimum absolute atomic E-state index is 0.724. The monoisotopic (exact) mass is 440 g/mol. The molecule has 0 bridgehead atoms. The van der Waals surface area contributed by atoms with E-state index in [4.69, 9.17) is 20.9 Å². The van der Waals surface area contributed by atoms with Crippen molar-refractivity contribution in [2.75, 3.05) is 11.5 Å². The average Bonchev–Trinajstić information content (AvgIpc) is 2.82. The van der Waals surface area contributed by atoms with Gasteiger partial charge in [-0.25, -0.2) is 0 Å². The molecule has 0 heterocycles. The highest BCUT2D eigenvalue weighted by atomic mass is 28.3. The van der Waals surface area contributed by atoms with Crippen LogP contribution >= 0.6 is 0 Å². The molecule has 4 N–H and O–H groups in total. The molecule has 0 unspecified atom stereocenters. The van der Waals surface area contributed by atoms with Gasteiger partial charge in [-0.15, -0.1) is 0 Å². The molecule has 32 heavy (non-hydrogen) atoms. The van der Waals surface area contributed by atoms with Crippen LogP contribution in [0.5, 0.6) is 23.0 Å². The minimum Gasteiger partial charge on any atom is -0.457 e. The smallest absolute Gasteiger partial charge is 0.127 e. The molecule has 162 valence electrons. The Balaban J connectivity index is 1.50. The zero-order valence-corrected chi connectivity index (χ0v) is 19.4. The van der Waals surface area contributed by atoms with Gasteiger partial charge < -0.3 is 20.9 Å². The first-order chi connectivity index (χ1) is 15.5. The predicted molar refractivity (Wildman–Crippen MR) is 136 cm³/mol. The molecule has 0 atom stereocenters. The Morgan fingerprint density at radius 3 is 1.09 bits per heavy atom. The van der Waals surface area contributed by atoms with Crippen LogP contribution in [-0.4, -0.2) is 8.07 Å². The molecule has 5 heteroatoms. The molecule has 0 radical (unpaired) electrons. The van der Waals surface area contributed by atoms with Crippen molar-refractivity contribution in [1.29, 1.82) is 0 Å². The highest BCUT2D eigenvalue weighted by Gasteiger charge is 2.29. The summed E-state index contributed by atoms with van der Waals surface area (Å²) >= 11 is 0. The fraction of sp³-hybridized carbons (Fsp3) is 0.111. The summed E-state index contributed by atoms with van der Waals surface area (Å²) in [4.78, 5) is 0. The summed E-state index contributed by atoms with van der Waals surface area (Å²) in [6.45, 7) is 4.67. The predicted octanol–water partition coefficient (Wildman–Crippen LogP) is 5.65. The van der Waals surface area contributed by atoms with Crippen molar-refractivity contribution in [2.45, 2.75) is 19.5 Å². The second kappa shape index (κ2) is 9.20. The highest BCUT2D eigenvalue weighted by molar-refractivity contribution is 7.01. The van der Waals surface area contributed by atoms with E-state index in [2.05, 4.69) is 37.7 Å². The van der Waals surface area contributed by atoms with Crippen molar-refractivity contribution in [1.82, 2.24) is 0 Å². The molecule has 0 aromatic heterocycles. The molecule has 0 aliphatic heterocycles. The van der Waals surface area contributed by atoms with Gasteiger partial charge in [-0.2, -0.15) is 0 Å². The van der Waals surface area contributed by atoms with Crippen LogP contribution in [0.25, 0.3) is 0 Å². The Morgan fingerprint density at radius 1 is 0.531 bits per heavy atom. The molecule has 4 aromatic carbocycles. The molecule has 4 nitrogen and oxygen atoms in total. The Bertz CT molecular complexity index is 1070. The van der Waals surface area contributed by atoms with Crippen LogP contribution in [0.4, 0.5) is 11.4 Å². The summed E-state index contributed by atoms with van der Waals surface area (Å²) < 4.78 is 11.9. The van der Waals surface area contributed by atoms with Gasteiger partial charge in [-0.05, 0) is 72.8 Å². The summed E-state index contributed by atoms with van der Waals surface area (Å²) in [6.07, 6.45) is 0. The Morgan fingerprint density at radius 2 is 0.812 bits per heavy atom. The maximum Gasteiger partial charge on any atom is 0.127 e. The molecule has 4 rings (SSSR count). The van der Waals surface area contributed by atoms with Gasteiger partial charge in [0, 0.05) is 11.4 Å². The van der Waals surface area contributed by atoms with Crippen LogP contribution in [0.1, 0.15) is 6.92 Å². The van der Waals surface area contributed by atoms with Crippen LogP contribution in [0.3, 0.4) is 0 Å². The van der Waals surface area contributed by atoms with Crippen molar-refractivity contribution in [3.63, 3.8) is 0 Å². The fourth-order valence-corrected chi connectivity index (χ4v) is 6.66. The first-order valence-corrected chi connectivity index (χ1v) is 13.4. The lowest BCUT2D eigenvalue weighted by molar-refractivity contribution is 0.482. The van der Waals surface area contributed by atoms with Gasteiger partial charge in [0.05, 0.1) is 0 Å². The lowest BCUT2D eigenvalue weighted by Crippen LogP contribution is -2.54. The number of nitrogen functional groups attached to an aromatic ring is 2. The molecular weight excluding hydrogens is 412 g/mol. The van der Waals surface area contributed by atoms with E-state index in [1.165, 1.54) is 10.4 Å². The van der Waals surface area contributed by atoms with E-state index in [1.807, 2.05) is 72.8 Å². The largest absolute Gasteiger partial charge is 0.457 e. The topological polar surface area (TPSA) is 70.5 Å². The SMILES string of the molecule is CC[Si](C)(c1ccc(Oc2ccc(N)cc2)cc1)c1ccc(Oc2ccc(N)cc2)cc1.